The molecule has 148 valence electrons. The number of halogens is 3. The van der Waals surface area contributed by atoms with Crippen LogP contribution < -0.4 is 10.2 Å². The Labute approximate surface area is 160 Å². The third kappa shape index (κ3) is 4.82. The number of rotatable bonds is 4. The van der Waals surface area contributed by atoms with Crippen LogP contribution in [0.25, 0.3) is 0 Å². The van der Waals surface area contributed by atoms with Crippen molar-refractivity contribution >= 4 is 17.5 Å². The Morgan fingerprint density at radius 2 is 1.50 bits per heavy atom. The van der Waals surface area contributed by atoms with E-state index in [1.54, 1.807) is 4.90 Å². The first kappa shape index (κ1) is 19.7. The van der Waals surface area contributed by atoms with Crippen LogP contribution in [0.1, 0.15) is 15.9 Å². The highest BCUT2D eigenvalue weighted by Gasteiger charge is 2.30. The molecule has 3 rings (SSSR count). The summed E-state index contributed by atoms with van der Waals surface area (Å²) in [7, 11) is 0. The summed E-state index contributed by atoms with van der Waals surface area (Å²) in [6.07, 6.45) is -4.45. The van der Waals surface area contributed by atoms with Crippen molar-refractivity contribution < 1.29 is 22.8 Å². The van der Waals surface area contributed by atoms with Crippen molar-refractivity contribution in [1.29, 1.82) is 0 Å². The molecular weight excluding hydrogens is 371 g/mol. The first-order valence-electron chi connectivity index (χ1n) is 8.88. The van der Waals surface area contributed by atoms with E-state index in [2.05, 4.69) is 10.2 Å². The van der Waals surface area contributed by atoms with Crippen molar-refractivity contribution in [2.45, 2.75) is 6.18 Å². The lowest BCUT2D eigenvalue weighted by molar-refractivity contribution is -0.137. The fourth-order valence-corrected chi connectivity index (χ4v) is 3.03. The highest BCUT2D eigenvalue weighted by Crippen LogP contribution is 2.29. The molecular formula is C20H20F3N3O2. The summed E-state index contributed by atoms with van der Waals surface area (Å²) >= 11 is 0. The Kier molecular flexibility index (Phi) is 5.87. The summed E-state index contributed by atoms with van der Waals surface area (Å²) in [5, 5.41) is 2.47. The average Bonchev–Trinajstić information content (AvgIpc) is 2.72. The minimum atomic E-state index is -4.45. The van der Waals surface area contributed by atoms with Crippen molar-refractivity contribution in [2.75, 3.05) is 37.6 Å². The predicted octanol–water partition coefficient (Wildman–Crippen LogP) is 2.78. The van der Waals surface area contributed by atoms with Crippen LogP contribution in [0.3, 0.4) is 0 Å². The maximum atomic E-state index is 12.6. The van der Waals surface area contributed by atoms with Gasteiger partial charge in [-0.05, 0) is 36.4 Å². The van der Waals surface area contributed by atoms with Crippen LogP contribution in [-0.4, -0.2) is 49.4 Å². The highest BCUT2D eigenvalue weighted by atomic mass is 19.4. The fourth-order valence-electron chi connectivity index (χ4n) is 3.03. The maximum Gasteiger partial charge on any atom is 0.416 e. The monoisotopic (exact) mass is 391 g/mol. The minimum Gasteiger partial charge on any atom is -0.368 e. The molecule has 0 radical (unpaired) electrons. The second-order valence-electron chi connectivity index (χ2n) is 6.46. The number of alkyl halides is 3. The van der Waals surface area contributed by atoms with Gasteiger partial charge in [0.15, 0.2) is 0 Å². The Hall–Kier alpha value is -3.03. The predicted molar refractivity (Wildman–Crippen MR) is 99.0 cm³/mol. The zero-order valence-corrected chi connectivity index (χ0v) is 15.1. The van der Waals surface area contributed by atoms with Gasteiger partial charge in [0.1, 0.15) is 0 Å². The number of carbonyl (C=O) groups excluding carboxylic acids is 2. The van der Waals surface area contributed by atoms with Gasteiger partial charge in [0.2, 0.25) is 5.91 Å². The molecule has 2 aromatic carbocycles. The van der Waals surface area contributed by atoms with Crippen molar-refractivity contribution in [2.24, 2.45) is 0 Å². The van der Waals surface area contributed by atoms with Crippen molar-refractivity contribution in [1.82, 2.24) is 10.2 Å². The number of piperazine rings is 1. The van der Waals surface area contributed by atoms with E-state index in [1.807, 2.05) is 30.3 Å². The Balaban J connectivity index is 1.47. The molecule has 0 saturated carbocycles. The number of benzene rings is 2. The fraction of sp³-hybridized carbons (Fsp3) is 0.300. The molecule has 0 unspecified atom stereocenters. The zero-order valence-electron chi connectivity index (χ0n) is 15.1. The molecule has 0 aliphatic carbocycles. The van der Waals surface area contributed by atoms with Crippen LogP contribution in [-0.2, 0) is 11.0 Å². The molecule has 5 nitrogen and oxygen atoms in total. The molecule has 8 heteroatoms. The molecule has 28 heavy (non-hydrogen) atoms. The second-order valence-corrected chi connectivity index (χ2v) is 6.46. The van der Waals surface area contributed by atoms with E-state index >= 15 is 0 Å². The van der Waals surface area contributed by atoms with Gasteiger partial charge in [-0.2, -0.15) is 13.2 Å². The number of nitrogens with zero attached hydrogens (tertiary/aromatic N) is 2. The van der Waals surface area contributed by atoms with Gasteiger partial charge in [-0.1, -0.05) is 18.2 Å². The van der Waals surface area contributed by atoms with Gasteiger partial charge >= 0.3 is 6.18 Å². The normalized spacial score (nSPS) is 14.7. The SMILES string of the molecule is O=C(NCC(=O)N1CCN(c2ccccc2)CC1)c1ccc(C(F)(F)F)cc1. The van der Waals surface area contributed by atoms with Gasteiger partial charge in [-0.15, -0.1) is 0 Å². The van der Waals surface area contributed by atoms with E-state index < -0.39 is 17.6 Å². The van der Waals surface area contributed by atoms with E-state index in [9.17, 15) is 22.8 Å². The van der Waals surface area contributed by atoms with Crippen LogP contribution >= 0.6 is 0 Å². The Morgan fingerprint density at radius 1 is 0.893 bits per heavy atom. The third-order valence-electron chi connectivity index (χ3n) is 4.63. The Morgan fingerprint density at radius 3 is 2.07 bits per heavy atom. The highest BCUT2D eigenvalue weighted by molar-refractivity contribution is 5.96. The summed E-state index contributed by atoms with van der Waals surface area (Å²) in [5.74, 6) is -0.794. The van der Waals surface area contributed by atoms with E-state index in [1.165, 1.54) is 0 Å². The lowest BCUT2D eigenvalue weighted by atomic mass is 10.1. The van der Waals surface area contributed by atoms with Gasteiger partial charge in [0.25, 0.3) is 5.91 Å². The van der Waals surface area contributed by atoms with Gasteiger partial charge in [-0.25, -0.2) is 0 Å². The molecule has 1 N–H and O–H groups in total. The summed E-state index contributed by atoms with van der Waals surface area (Å²) in [5.41, 5.74) is 0.358. The summed E-state index contributed by atoms with van der Waals surface area (Å²) in [6.45, 7) is 2.30. The number of para-hydroxylation sites is 1. The number of hydrogen-bond acceptors (Lipinski definition) is 3. The molecule has 1 heterocycles. The van der Waals surface area contributed by atoms with Gasteiger partial charge in [0.05, 0.1) is 12.1 Å². The summed E-state index contributed by atoms with van der Waals surface area (Å²) in [4.78, 5) is 28.2. The van der Waals surface area contributed by atoms with E-state index in [4.69, 9.17) is 0 Å². The van der Waals surface area contributed by atoms with Gasteiger partial charge in [-0.3, -0.25) is 9.59 Å². The molecule has 0 atom stereocenters. The zero-order chi connectivity index (χ0) is 20.1. The van der Waals surface area contributed by atoms with E-state index in [-0.39, 0.29) is 18.0 Å². The number of carbonyl (C=O) groups is 2. The molecule has 0 bridgehead atoms. The number of amides is 2. The third-order valence-corrected chi connectivity index (χ3v) is 4.63. The molecule has 0 aromatic heterocycles. The maximum absolute atomic E-state index is 12.6. The topological polar surface area (TPSA) is 52.7 Å². The quantitative estimate of drug-likeness (QED) is 0.872. The number of nitrogens with one attached hydrogen (secondary N) is 1. The van der Waals surface area contributed by atoms with Crippen LogP contribution in [0.15, 0.2) is 54.6 Å². The van der Waals surface area contributed by atoms with Crippen LogP contribution in [0.5, 0.6) is 0 Å². The van der Waals surface area contributed by atoms with Crippen molar-refractivity contribution in [3.63, 3.8) is 0 Å². The van der Waals surface area contributed by atoms with E-state index in [0.29, 0.717) is 26.2 Å². The van der Waals surface area contributed by atoms with E-state index in [0.717, 1.165) is 30.0 Å². The minimum absolute atomic E-state index is 0.0784. The molecule has 1 fully saturated rings. The summed E-state index contributed by atoms with van der Waals surface area (Å²) < 4.78 is 37.7. The Bertz CT molecular complexity index is 815. The first-order valence-corrected chi connectivity index (χ1v) is 8.88. The van der Waals surface area contributed by atoms with Crippen molar-refractivity contribution in [3.8, 4) is 0 Å². The molecule has 2 aromatic rings. The van der Waals surface area contributed by atoms with Gasteiger partial charge in [0, 0.05) is 37.4 Å². The molecule has 2 amide bonds. The average molecular weight is 391 g/mol. The molecule has 1 aliphatic heterocycles. The lowest BCUT2D eigenvalue weighted by Gasteiger charge is -2.36. The number of anilines is 1. The number of hydrogen-bond donors (Lipinski definition) is 1. The lowest BCUT2D eigenvalue weighted by Crippen LogP contribution is -2.51. The second kappa shape index (κ2) is 8.33. The summed E-state index contributed by atoms with van der Waals surface area (Å²) in [6, 6.07) is 13.8. The first-order chi connectivity index (χ1) is 13.3. The standard InChI is InChI=1S/C20H20F3N3O2/c21-20(22,23)16-8-6-15(7-9-16)19(28)24-14-18(27)26-12-10-25(11-13-26)17-4-2-1-3-5-17/h1-9H,10-14H2,(H,24,28). The molecule has 1 saturated heterocycles. The van der Waals surface area contributed by atoms with Gasteiger partial charge < -0.3 is 15.1 Å². The van der Waals surface area contributed by atoms with Crippen molar-refractivity contribution in [3.05, 3.63) is 65.7 Å². The van der Waals surface area contributed by atoms with Crippen LogP contribution in [0.4, 0.5) is 18.9 Å². The largest absolute Gasteiger partial charge is 0.416 e. The smallest absolute Gasteiger partial charge is 0.368 e. The molecule has 0 spiro atoms. The van der Waals surface area contributed by atoms with Crippen LogP contribution in [0, 0.1) is 0 Å². The molecule has 1 aliphatic rings. The van der Waals surface area contributed by atoms with Crippen LogP contribution in [0.2, 0.25) is 0 Å².